The van der Waals surface area contributed by atoms with Crippen LogP contribution in [0.2, 0.25) is 0 Å². The SMILES string of the molecule is Cc1ccccc1NC(=O)c1ccc(OCc2c(C)noc2C)cc1. The van der Waals surface area contributed by atoms with E-state index in [4.69, 9.17) is 9.26 Å². The van der Waals surface area contributed by atoms with Crippen molar-refractivity contribution in [1.82, 2.24) is 5.16 Å². The summed E-state index contributed by atoms with van der Waals surface area (Å²) in [6.07, 6.45) is 0. The average molecular weight is 336 g/mol. The number of amides is 1. The molecule has 1 N–H and O–H groups in total. The number of hydrogen-bond acceptors (Lipinski definition) is 4. The second-order valence-electron chi connectivity index (χ2n) is 5.88. The molecule has 1 heterocycles. The lowest BCUT2D eigenvalue weighted by Gasteiger charge is -2.09. The van der Waals surface area contributed by atoms with Crippen molar-refractivity contribution in [3.8, 4) is 5.75 Å². The lowest BCUT2D eigenvalue weighted by atomic mass is 10.1. The first-order chi connectivity index (χ1) is 12.0. The summed E-state index contributed by atoms with van der Waals surface area (Å²) in [6.45, 7) is 6.09. The minimum absolute atomic E-state index is 0.147. The number of aryl methyl sites for hydroxylation is 3. The van der Waals surface area contributed by atoms with Gasteiger partial charge in [-0.2, -0.15) is 0 Å². The van der Waals surface area contributed by atoms with Crippen molar-refractivity contribution in [3.05, 3.63) is 76.7 Å². The van der Waals surface area contributed by atoms with Crippen LogP contribution >= 0.6 is 0 Å². The summed E-state index contributed by atoms with van der Waals surface area (Å²) in [5.41, 5.74) is 4.18. The van der Waals surface area contributed by atoms with Gasteiger partial charge >= 0.3 is 0 Å². The number of benzene rings is 2. The third-order valence-corrected chi connectivity index (χ3v) is 4.07. The predicted molar refractivity (Wildman–Crippen MR) is 95.9 cm³/mol. The second kappa shape index (κ2) is 7.21. The Morgan fingerprint density at radius 1 is 1.08 bits per heavy atom. The van der Waals surface area contributed by atoms with E-state index in [0.717, 1.165) is 28.3 Å². The van der Waals surface area contributed by atoms with Gasteiger partial charge in [-0.15, -0.1) is 0 Å². The summed E-state index contributed by atoms with van der Waals surface area (Å²) in [6, 6.07) is 14.7. The number of carbonyl (C=O) groups excluding carboxylic acids is 1. The van der Waals surface area contributed by atoms with E-state index in [1.807, 2.05) is 45.0 Å². The van der Waals surface area contributed by atoms with Gasteiger partial charge in [-0.1, -0.05) is 23.4 Å². The third-order valence-electron chi connectivity index (χ3n) is 4.07. The molecule has 3 rings (SSSR count). The minimum Gasteiger partial charge on any atom is -0.489 e. The van der Waals surface area contributed by atoms with E-state index in [9.17, 15) is 4.79 Å². The van der Waals surface area contributed by atoms with Crippen LogP contribution in [0.25, 0.3) is 0 Å². The zero-order valence-electron chi connectivity index (χ0n) is 14.5. The summed E-state index contributed by atoms with van der Waals surface area (Å²) in [5.74, 6) is 1.30. The van der Waals surface area contributed by atoms with Crippen molar-refractivity contribution in [2.24, 2.45) is 0 Å². The maximum atomic E-state index is 12.3. The molecule has 0 atom stereocenters. The molecule has 0 spiro atoms. The molecule has 1 aromatic heterocycles. The van der Waals surface area contributed by atoms with Crippen LogP contribution in [0.5, 0.6) is 5.75 Å². The summed E-state index contributed by atoms with van der Waals surface area (Å²) in [5, 5.41) is 6.82. The zero-order chi connectivity index (χ0) is 17.8. The van der Waals surface area contributed by atoms with E-state index in [-0.39, 0.29) is 5.91 Å². The number of rotatable bonds is 5. The first-order valence-corrected chi connectivity index (χ1v) is 8.06. The highest BCUT2D eigenvalue weighted by atomic mass is 16.5. The fourth-order valence-electron chi connectivity index (χ4n) is 2.47. The highest BCUT2D eigenvalue weighted by Gasteiger charge is 2.11. The Kier molecular flexibility index (Phi) is 4.84. The van der Waals surface area contributed by atoms with E-state index in [0.29, 0.717) is 17.9 Å². The molecule has 0 aliphatic rings. The van der Waals surface area contributed by atoms with Crippen LogP contribution in [-0.2, 0) is 6.61 Å². The molecule has 2 aromatic carbocycles. The lowest BCUT2D eigenvalue weighted by Crippen LogP contribution is -2.12. The number of ether oxygens (including phenoxy) is 1. The van der Waals surface area contributed by atoms with Crippen LogP contribution < -0.4 is 10.1 Å². The summed E-state index contributed by atoms with van der Waals surface area (Å²) < 4.78 is 10.9. The Bertz CT molecular complexity index is 863. The van der Waals surface area contributed by atoms with Gasteiger partial charge in [0.05, 0.1) is 11.3 Å². The highest BCUT2D eigenvalue weighted by Crippen LogP contribution is 2.19. The van der Waals surface area contributed by atoms with Crippen molar-refractivity contribution < 1.29 is 14.1 Å². The van der Waals surface area contributed by atoms with Crippen LogP contribution in [0.3, 0.4) is 0 Å². The molecule has 0 aliphatic heterocycles. The molecule has 1 amide bonds. The molecule has 25 heavy (non-hydrogen) atoms. The molecule has 0 aliphatic carbocycles. The lowest BCUT2D eigenvalue weighted by molar-refractivity contribution is 0.102. The van der Waals surface area contributed by atoms with Gasteiger partial charge in [0.1, 0.15) is 18.1 Å². The highest BCUT2D eigenvalue weighted by molar-refractivity contribution is 6.04. The van der Waals surface area contributed by atoms with E-state index in [1.54, 1.807) is 24.3 Å². The van der Waals surface area contributed by atoms with Crippen molar-refractivity contribution >= 4 is 11.6 Å². The van der Waals surface area contributed by atoms with E-state index >= 15 is 0 Å². The Morgan fingerprint density at radius 2 is 1.80 bits per heavy atom. The molecule has 0 saturated carbocycles. The maximum Gasteiger partial charge on any atom is 0.255 e. The van der Waals surface area contributed by atoms with Crippen LogP contribution in [0.1, 0.15) is 32.9 Å². The number of para-hydroxylation sites is 1. The molecule has 0 bridgehead atoms. The minimum atomic E-state index is -0.147. The molecule has 128 valence electrons. The van der Waals surface area contributed by atoms with Gasteiger partial charge in [0.15, 0.2) is 0 Å². The number of carbonyl (C=O) groups is 1. The predicted octanol–water partition coefficient (Wildman–Crippen LogP) is 4.43. The van der Waals surface area contributed by atoms with E-state index in [1.165, 1.54) is 0 Å². The van der Waals surface area contributed by atoms with Crippen molar-refractivity contribution in [1.29, 1.82) is 0 Å². The first kappa shape index (κ1) is 16.8. The summed E-state index contributed by atoms with van der Waals surface area (Å²) >= 11 is 0. The molecule has 0 unspecified atom stereocenters. The maximum absolute atomic E-state index is 12.3. The molecule has 0 saturated heterocycles. The zero-order valence-corrected chi connectivity index (χ0v) is 14.5. The van der Waals surface area contributed by atoms with Crippen LogP contribution in [0.15, 0.2) is 53.1 Å². The fraction of sp³-hybridized carbons (Fsp3) is 0.200. The van der Waals surface area contributed by atoms with Gasteiger partial charge < -0.3 is 14.6 Å². The van der Waals surface area contributed by atoms with E-state index in [2.05, 4.69) is 10.5 Å². The smallest absolute Gasteiger partial charge is 0.255 e. The first-order valence-electron chi connectivity index (χ1n) is 8.06. The Balaban J connectivity index is 1.64. The van der Waals surface area contributed by atoms with Gasteiger partial charge in [0.25, 0.3) is 5.91 Å². The number of nitrogens with one attached hydrogen (secondary N) is 1. The quantitative estimate of drug-likeness (QED) is 0.748. The largest absolute Gasteiger partial charge is 0.489 e. The Labute approximate surface area is 146 Å². The molecule has 0 radical (unpaired) electrons. The van der Waals surface area contributed by atoms with E-state index < -0.39 is 0 Å². The number of anilines is 1. The standard InChI is InChI=1S/C20H20N2O3/c1-13-6-4-5-7-19(13)21-20(23)16-8-10-17(11-9-16)24-12-18-14(2)22-25-15(18)3/h4-11H,12H2,1-3H3,(H,21,23). The van der Waals surface area contributed by atoms with Crippen LogP contribution in [0, 0.1) is 20.8 Å². The Hall–Kier alpha value is -3.08. The monoisotopic (exact) mass is 336 g/mol. The average Bonchev–Trinajstić information content (AvgIpc) is 2.93. The van der Waals surface area contributed by atoms with Gasteiger partial charge in [0.2, 0.25) is 0 Å². The molecular formula is C20H20N2O3. The van der Waals surface area contributed by atoms with Crippen LogP contribution in [-0.4, -0.2) is 11.1 Å². The molecule has 5 heteroatoms. The van der Waals surface area contributed by atoms with Gasteiger partial charge in [-0.25, -0.2) is 0 Å². The summed E-state index contributed by atoms with van der Waals surface area (Å²) in [4.78, 5) is 12.3. The fourth-order valence-corrected chi connectivity index (χ4v) is 2.47. The number of hydrogen-bond donors (Lipinski definition) is 1. The van der Waals surface area contributed by atoms with Crippen molar-refractivity contribution in [2.45, 2.75) is 27.4 Å². The van der Waals surface area contributed by atoms with Crippen molar-refractivity contribution in [2.75, 3.05) is 5.32 Å². The molecule has 3 aromatic rings. The van der Waals surface area contributed by atoms with Gasteiger partial charge in [-0.3, -0.25) is 4.79 Å². The third kappa shape index (κ3) is 3.88. The molecule has 5 nitrogen and oxygen atoms in total. The van der Waals surface area contributed by atoms with Crippen molar-refractivity contribution in [3.63, 3.8) is 0 Å². The van der Waals surface area contributed by atoms with Crippen LogP contribution in [0.4, 0.5) is 5.69 Å². The molecule has 0 fully saturated rings. The molecular weight excluding hydrogens is 316 g/mol. The van der Waals surface area contributed by atoms with Gasteiger partial charge in [0, 0.05) is 11.3 Å². The van der Waals surface area contributed by atoms with Gasteiger partial charge in [-0.05, 0) is 56.7 Å². The number of aromatic nitrogens is 1. The second-order valence-corrected chi connectivity index (χ2v) is 5.88. The normalized spacial score (nSPS) is 10.5. The topological polar surface area (TPSA) is 64.4 Å². The summed E-state index contributed by atoms with van der Waals surface area (Å²) in [7, 11) is 0. The number of nitrogens with zero attached hydrogens (tertiary/aromatic N) is 1. The Morgan fingerprint density at radius 3 is 2.44 bits per heavy atom.